The molecule has 3 aromatic rings. The summed E-state index contributed by atoms with van der Waals surface area (Å²) >= 11 is 0. The quantitative estimate of drug-likeness (QED) is 0.552. The summed E-state index contributed by atoms with van der Waals surface area (Å²) in [6.07, 6.45) is 1.60. The Morgan fingerprint density at radius 2 is 2.04 bits per heavy atom. The molecule has 1 N–H and O–H groups in total. The first-order valence-electron chi connectivity index (χ1n) is 8.80. The Morgan fingerprint density at radius 1 is 1.26 bits per heavy atom. The number of methoxy groups -OCH3 is 1. The molecule has 0 atom stereocenters. The average molecular weight is 364 g/mol. The average Bonchev–Trinajstić information content (AvgIpc) is 3.27. The number of aryl methyl sites for hydroxylation is 1. The van der Waals surface area contributed by atoms with Gasteiger partial charge in [0.25, 0.3) is 5.69 Å². The monoisotopic (exact) mass is 364 g/mol. The van der Waals surface area contributed by atoms with Crippen molar-refractivity contribution in [2.24, 2.45) is 0 Å². The Morgan fingerprint density at radius 3 is 2.74 bits per heavy atom. The molecule has 0 saturated carbocycles. The predicted octanol–water partition coefficient (Wildman–Crippen LogP) is 3.66. The Hall–Kier alpha value is -3.35. The summed E-state index contributed by atoms with van der Waals surface area (Å²) in [5.41, 5.74) is 5.05. The van der Waals surface area contributed by atoms with Gasteiger partial charge in [0.05, 0.1) is 23.4 Å². The number of non-ortho nitro benzene ring substituents is 1. The number of hydrogen-bond acceptors (Lipinski definition) is 5. The molecule has 0 saturated heterocycles. The SMILES string of the molecule is COc1ccc(Cc2nn(-c3cc([N+](=O)[O-])ccc3C)c3c2CCN3)cc1. The van der Waals surface area contributed by atoms with Crippen LogP contribution in [0.3, 0.4) is 0 Å². The first-order valence-corrected chi connectivity index (χ1v) is 8.80. The number of hydrogen-bond donors (Lipinski definition) is 1. The molecule has 0 amide bonds. The minimum atomic E-state index is -0.377. The number of benzene rings is 2. The van der Waals surface area contributed by atoms with E-state index < -0.39 is 0 Å². The van der Waals surface area contributed by atoms with E-state index >= 15 is 0 Å². The minimum absolute atomic E-state index is 0.0644. The zero-order valence-electron chi connectivity index (χ0n) is 15.2. The summed E-state index contributed by atoms with van der Waals surface area (Å²) in [6, 6.07) is 12.8. The van der Waals surface area contributed by atoms with E-state index in [4.69, 9.17) is 9.84 Å². The highest BCUT2D eigenvalue weighted by molar-refractivity contribution is 5.60. The van der Waals surface area contributed by atoms with Crippen molar-refractivity contribution < 1.29 is 9.66 Å². The van der Waals surface area contributed by atoms with Crippen LogP contribution in [0, 0.1) is 17.0 Å². The molecule has 0 spiro atoms. The van der Waals surface area contributed by atoms with Gasteiger partial charge in [0.15, 0.2) is 0 Å². The summed E-state index contributed by atoms with van der Waals surface area (Å²) in [6.45, 7) is 2.78. The van der Waals surface area contributed by atoms with Crippen molar-refractivity contribution in [3.05, 3.63) is 75.0 Å². The summed E-state index contributed by atoms with van der Waals surface area (Å²) in [4.78, 5) is 10.8. The van der Waals surface area contributed by atoms with Crippen LogP contribution in [0.1, 0.15) is 22.4 Å². The van der Waals surface area contributed by atoms with Crippen LogP contribution in [-0.2, 0) is 12.8 Å². The first-order chi connectivity index (χ1) is 13.1. The molecule has 0 unspecified atom stereocenters. The summed E-state index contributed by atoms with van der Waals surface area (Å²) in [7, 11) is 1.65. The van der Waals surface area contributed by atoms with Gasteiger partial charge in [0.1, 0.15) is 11.6 Å². The molecule has 138 valence electrons. The van der Waals surface area contributed by atoms with Crippen LogP contribution in [0.15, 0.2) is 42.5 Å². The van der Waals surface area contributed by atoms with E-state index in [1.807, 2.05) is 35.9 Å². The number of nitrogens with one attached hydrogen (secondary N) is 1. The minimum Gasteiger partial charge on any atom is -0.497 e. The molecule has 1 aliphatic heterocycles. The summed E-state index contributed by atoms with van der Waals surface area (Å²) in [5.74, 6) is 1.76. The molecule has 2 heterocycles. The molecule has 0 aliphatic carbocycles. The van der Waals surface area contributed by atoms with Gasteiger partial charge in [-0.05, 0) is 36.6 Å². The smallest absolute Gasteiger partial charge is 0.271 e. The normalized spacial score (nSPS) is 12.5. The lowest BCUT2D eigenvalue weighted by molar-refractivity contribution is -0.384. The van der Waals surface area contributed by atoms with Gasteiger partial charge in [-0.2, -0.15) is 5.10 Å². The number of fused-ring (bicyclic) bond motifs is 1. The fraction of sp³-hybridized carbons (Fsp3) is 0.250. The number of nitro benzene ring substituents is 1. The lowest BCUT2D eigenvalue weighted by Gasteiger charge is -2.09. The highest BCUT2D eigenvalue weighted by Gasteiger charge is 2.24. The van der Waals surface area contributed by atoms with Gasteiger partial charge in [-0.25, -0.2) is 4.68 Å². The van der Waals surface area contributed by atoms with E-state index in [1.165, 1.54) is 11.6 Å². The Bertz CT molecular complexity index is 1010. The second-order valence-corrected chi connectivity index (χ2v) is 6.62. The van der Waals surface area contributed by atoms with Crippen LogP contribution in [-0.4, -0.2) is 28.4 Å². The number of ether oxygens (including phenoxy) is 1. The lowest BCUT2D eigenvalue weighted by atomic mass is 10.1. The Labute approximate surface area is 156 Å². The molecular weight excluding hydrogens is 344 g/mol. The van der Waals surface area contributed by atoms with Gasteiger partial charge < -0.3 is 10.1 Å². The molecule has 0 fully saturated rings. The summed E-state index contributed by atoms with van der Waals surface area (Å²) < 4.78 is 7.02. The molecular formula is C20H20N4O3. The van der Waals surface area contributed by atoms with Crippen LogP contribution in [0.25, 0.3) is 5.69 Å². The Kier molecular flexibility index (Phi) is 4.27. The predicted molar refractivity (Wildman–Crippen MR) is 103 cm³/mol. The Balaban J connectivity index is 1.74. The van der Waals surface area contributed by atoms with Crippen LogP contribution in [0.2, 0.25) is 0 Å². The van der Waals surface area contributed by atoms with Gasteiger partial charge in [-0.3, -0.25) is 10.1 Å². The number of rotatable bonds is 5. The van der Waals surface area contributed by atoms with Crippen molar-refractivity contribution >= 4 is 11.5 Å². The fourth-order valence-electron chi connectivity index (χ4n) is 3.44. The van der Waals surface area contributed by atoms with E-state index in [2.05, 4.69) is 5.32 Å². The van der Waals surface area contributed by atoms with Crippen molar-refractivity contribution in [2.75, 3.05) is 19.0 Å². The molecule has 4 rings (SSSR count). The van der Waals surface area contributed by atoms with Gasteiger partial charge >= 0.3 is 0 Å². The maximum Gasteiger partial charge on any atom is 0.271 e. The molecule has 27 heavy (non-hydrogen) atoms. The third kappa shape index (κ3) is 3.12. The zero-order chi connectivity index (χ0) is 19.0. The van der Waals surface area contributed by atoms with Gasteiger partial charge in [-0.15, -0.1) is 0 Å². The summed E-state index contributed by atoms with van der Waals surface area (Å²) in [5, 5.41) is 19.4. The van der Waals surface area contributed by atoms with Crippen LogP contribution in [0.5, 0.6) is 5.75 Å². The second kappa shape index (κ2) is 6.75. The van der Waals surface area contributed by atoms with Crippen molar-refractivity contribution in [3.8, 4) is 11.4 Å². The van der Waals surface area contributed by atoms with Crippen molar-refractivity contribution in [1.82, 2.24) is 9.78 Å². The van der Waals surface area contributed by atoms with Crippen molar-refractivity contribution in [3.63, 3.8) is 0 Å². The number of nitro groups is 1. The number of anilines is 1. The second-order valence-electron chi connectivity index (χ2n) is 6.62. The maximum absolute atomic E-state index is 11.2. The molecule has 7 heteroatoms. The van der Waals surface area contributed by atoms with Crippen LogP contribution < -0.4 is 10.1 Å². The third-order valence-electron chi connectivity index (χ3n) is 4.90. The largest absolute Gasteiger partial charge is 0.497 e. The van der Waals surface area contributed by atoms with Crippen LogP contribution >= 0.6 is 0 Å². The maximum atomic E-state index is 11.2. The first kappa shape index (κ1) is 17.1. The highest BCUT2D eigenvalue weighted by atomic mass is 16.6. The molecule has 1 aromatic heterocycles. The third-order valence-corrected chi connectivity index (χ3v) is 4.90. The van der Waals surface area contributed by atoms with E-state index in [0.29, 0.717) is 6.42 Å². The van der Waals surface area contributed by atoms with Gasteiger partial charge in [0, 0.05) is 30.7 Å². The van der Waals surface area contributed by atoms with E-state index in [9.17, 15) is 10.1 Å². The molecule has 0 bridgehead atoms. The zero-order valence-corrected chi connectivity index (χ0v) is 15.2. The molecule has 7 nitrogen and oxygen atoms in total. The molecule has 1 aliphatic rings. The van der Waals surface area contributed by atoms with Crippen LogP contribution in [0.4, 0.5) is 11.5 Å². The lowest BCUT2D eigenvalue weighted by Crippen LogP contribution is -2.07. The standard InChI is InChI=1S/C20H20N4O3/c1-13-3-6-15(24(25)26)12-19(13)23-20-17(9-10-21-20)18(22-23)11-14-4-7-16(27-2)8-5-14/h3-8,12,21H,9-11H2,1-2H3. The fourth-order valence-corrected chi connectivity index (χ4v) is 3.44. The molecule has 2 aromatic carbocycles. The number of aromatic nitrogens is 2. The van der Waals surface area contributed by atoms with Gasteiger partial charge in [-0.1, -0.05) is 18.2 Å². The topological polar surface area (TPSA) is 82.2 Å². The van der Waals surface area contributed by atoms with E-state index in [-0.39, 0.29) is 10.6 Å². The number of nitrogens with zero attached hydrogens (tertiary/aromatic N) is 3. The molecule has 0 radical (unpaired) electrons. The van der Waals surface area contributed by atoms with Gasteiger partial charge in [0.2, 0.25) is 0 Å². The van der Waals surface area contributed by atoms with Crippen molar-refractivity contribution in [2.45, 2.75) is 19.8 Å². The van der Waals surface area contributed by atoms with E-state index in [1.54, 1.807) is 19.2 Å². The van der Waals surface area contributed by atoms with Crippen molar-refractivity contribution in [1.29, 1.82) is 0 Å². The van der Waals surface area contributed by atoms with E-state index in [0.717, 1.165) is 47.0 Å². The highest BCUT2D eigenvalue weighted by Crippen LogP contribution is 2.32.